The predicted octanol–water partition coefficient (Wildman–Crippen LogP) is 3.95. The Morgan fingerprint density at radius 3 is 2.42 bits per heavy atom. The van der Waals surface area contributed by atoms with Gasteiger partial charge in [-0.25, -0.2) is 4.98 Å². The molecule has 0 unspecified atom stereocenters. The van der Waals surface area contributed by atoms with Gasteiger partial charge < -0.3 is 9.80 Å². The van der Waals surface area contributed by atoms with E-state index in [1.807, 2.05) is 47.4 Å². The Morgan fingerprint density at radius 1 is 1.00 bits per heavy atom. The molecule has 0 N–H and O–H groups in total. The number of carbonyl (C=O) groups is 2. The molecule has 2 aromatic carbocycles. The molecule has 0 bridgehead atoms. The summed E-state index contributed by atoms with van der Waals surface area (Å²) in [6.07, 6.45) is 0. The number of thioether (sulfide) groups is 1. The molecule has 1 aromatic heterocycles. The Kier molecular flexibility index (Phi) is 7.80. The van der Waals surface area contributed by atoms with Crippen molar-refractivity contribution < 1.29 is 9.59 Å². The standard InChI is InChI=1S/C25H28N4O2S2/c1-27(2)23(30)18-32-22-11-7-6-10-21(22)25(31)29-14-12-28(13-15-29)16-20-17-33-24(26-20)19-8-4-3-5-9-19/h3-11,17H,12-16,18H2,1-2H3. The topological polar surface area (TPSA) is 56.8 Å². The number of hydrogen-bond acceptors (Lipinski definition) is 6. The van der Waals surface area contributed by atoms with Crippen LogP contribution >= 0.6 is 23.1 Å². The van der Waals surface area contributed by atoms with Gasteiger partial charge in [-0.2, -0.15) is 0 Å². The number of hydrogen-bond donors (Lipinski definition) is 0. The first-order chi connectivity index (χ1) is 16.0. The SMILES string of the molecule is CN(C)C(=O)CSc1ccccc1C(=O)N1CCN(Cc2csc(-c3ccccc3)n2)CC1. The van der Waals surface area contributed by atoms with Gasteiger partial charge in [-0.15, -0.1) is 23.1 Å². The highest BCUT2D eigenvalue weighted by Crippen LogP contribution is 2.26. The number of carbonyl (C=O) groups excluding carboxylic acids is 2. The molecule has 1 aliphatic heterocycles. The fourth-order valence-corrected chi connectivity index (χ4v) is 5.48. The fraction of sp³-hybridized carbons (Fsp3) is 0.320. The largest absolute Gasteiger partial charge is 0.348 e. The minimum absolute atomic E-state index is 0.0355. The molecule has 0 spiro atoms. The monoisotopic (exact) mass is 480 g/mol. The molecular formula is C25H28N4O2S2. The number of benzene rings is 2. The summed E-state index contributed by atoms with van der Waals surface area (Å²) < 4.78 is 0. The molecule has 2 amide bonds. The molecule has 4 rings (SSSR count). The smallest absolute Gasteiger partial charge is 0.255 e. The van der Waals surface area contributed by atoms with E-state index >= 15 is 0 Å². The zero-order valence-electron chi connectivity index (χ0n) is 18.9. The third-order valence-electron chi connectivity index (χ3n) is 5.59. The molecule has 0 aliphatic carbocycles. The quantitative estimate of drug-likeness (QED) is 0.480. The zero-order valence-corrected chi connectivity index (χ0v) is 20.6. The van der Waals surface area contributed by atoms with Gasteiger partial charge >= 0.3 is 0 Å². The third-order valence-corrected chi connectivity index (χ3v) is 7.58. The van der Waals surface area contributed by atoms with Gasteiger partial charge in [0.05, 0.1) is 17.0 Å². The first kappa shape index (κ1) is 23.5. The Bertz CT molecular complexity index is 1090. The molecule has 0 atom stereocenters. The van der Waals surface area contributed by atoms with E-state index in [4.69, 9.17) is 4.98 Å². The van der Waals surface area contributed by atoms with Crippen LogP contribution in [0.2, 0.25) is 0 Å². The average molecular weight is 481 g/mol. The molecule has 1 fully saturated rings. The van der Waals surface area contributed by atoms with E-state index in [0.717, 1.165) is 40.8 Å². The summed E-state index contributed by atoms with van der Waals surface area (Å²) in [7, 11) is 3.49. The van der Waals surface area contributed by atoms with Gasteiger partial charge in [-0.05, 0) is 12.1 Å². The minimum Gasteiger partial charge on any atom is -0.348 e. The molecule has 172 valence electrons. The predicted molar refractivity (Wildman–Crippen MR) is 135 cm³/mol. The van der Waals surface area contributed by atoms with Crippen molar-refractivity contribution >= 4 is 34.9 Å². The zero-order chi connectivity index (χ0) is 23.2. The maximum Gasteiger partial charge on any atom is 0.255 e. The van der Waals surface area contributed by atoms with Gasteiger partial charge in [0, 0.05) is 62.7 Å². The lowest BCUT2D eigenvalue weighted by atomic mass is 10.1. The van der Waals surface area contributed by atoms with Crippen molar-refractivity contribution in [1.82, 2.24) is 19.7 Å². The Labute approximate surface area is 203 Å². The van der Waals surface area contributed by atoms with Crippen molar-refractivity contribution in [3.8, 4) is 10.6 Å². The van der Waals surface area contributed by atoms with Crippen LogP contribution in [0.4, 0.5) is 0 Å². The van der Waals surface area contributed by atoms with E-state index in [2.05, 4.69) is 22.4 Å². The van der Waals surface area contributed by atoms with Crippen LogP contribution < -0.4 is 0 Å². The van der Waals surface area contributed by atoms with E-state index in [1.54, 1.807) is 30.3 Å². The average Bonchev–Trinajstić information content (AvgIpc) is 3.31. The first-order valence-electron chi connectivity index (χ1n) is 10.9. The van der Waals surface area contributed by atoms with Crippen LogP contribution in [0, 0.1) is 0 Å². The first-order valence-corrected chi connectivity index (χ1v) is 12.8. The van der Waals surface area contributed by atoms with Crippen LogP contribution in [-0.2, 0) is 11.3 Å². The van der Waals surface area contributed by atoms with E-state index in [-0.39, 0.29) is 11.8 Å². The van der Waals surface area contributed by atoms with Crippen LogP contribution in [0.1, 0.15) is 16.1 Å². The maximum absolute atomic E-state index is 13.2. The van der Waals surface area contributed by atoms with Gasteiger partial charge in [0.15, 0.2) is 0 Å². The van der Waals surface area contributed by atoms with Gasteiger partial charge in [-0.3, -0.25) is 14.5 Å². The molecule has 1 aliphatic rings. The van der Waals surface area contributed by atoms with Crippen molar-refractivity contribution in [2.75, 3.05) is 46.0 Å². The molecule has 0 radical (unpaired) electrons. The molecule has 33 heavy (non-hydrogen) atoms. The molecule has 0 saturated carbocycles. The van der Waals surface area contributed by atoms with E-state index in [0.29, 0.717) is 24.4 Å². The lowest BCUT2D eigenvalue weighted by Gasteiger charge is -2.34. The highest BCUT2D eigenvalue weighted by Gasteiger charge is 2.24. The van der Waals surface area contributed by atoms with Gasteiger partial charge in [0.2, 0.25) is 5.91 Å². The summed E-state index contributed by atoms with van der Waals surface area (Å²) >= 11 is 3.09. The Balaban J connectivity index is 1.33. The number of rotatable bonds is 7. The summed E-state index contributed by atoms with van der Waals surface area (Å²) in [6, 6.07) is 17.8. The minimum atomic E-state index is 0.0355. The van der Waals surface area contributed by atoms with E-state index in [9.17, 15) is 9.59 Å². The van der Waals surface area contributed by atoms with Crippen LogP contribution in [0.15, 0.2) is 64.9 Å². The summed E-state index contributed by atoms with van der Waals surface area (Å²) in [5, 5.41) is 3.17. The van der Waals surface area contributed by atoms with Crippen LogP contribution in [0.5, 0.6) is 0 Å². The van der Waals surface area contributed by atoms with Crippen molar-refractivity contribution in [3.63, 3.8) is 0 Å². The maximum atomic E-state index is 13.2. The van der Waals surface area contributed by atoms with Crippen LogP contribution in [-0.4, -0.2) is 77.5 Å². The van der Waals surface area contributed by atoms with Crippen molar-refractivity contribution in [2.45, 2.75) is 11.4 Å². The van der Waals surface area contributed by atoms with Gasteiger partial charge in [0.1, 0.15) is 5.01 Å². The van der Waals surface area contributed by atoms with E-state index in [1.165, 1.54) is 11.8 Å². The van der Waals surface area contributed by atoms with Crippen molar-refractivity contribution in [3.05, 3.63) is 71.2 Å². The van der Waals surface area contributed by atoms with Crippen LogP contribution in [0.25, 0.3) is 10.6 Å². The number of thiazole rings is 1. The molecule has 1 saturated heterocycles. The summed E-state index contributed by atoms with van der Waals surface area (Å²) in [4.78, 5) is 36.7. The van der Waals surface area contributed by atoms with E-state index < -0.39 is 0 Å². The summed E-state index contributed by atoms with van der Waals surface area (Å²) in [5.74, 6) is 0.396. The normalized spacial score (nSPS) is 14.3. The second kappa shape index (κ2) is 11.0. The van der Waals surface area contributed by atoms with Crippen molar-refractivity contribution in [2.24, 2.45) is 0 Å². The third kappa shape index (κ3) is 6.01. The highest BCUT2D eigenvalue weighted by atomic mass is 32.2. The van der Waals surface area contributed by atoms with Gasteiger partial charge in [-0.1, -0.05) is 42.5 Å². The summed E-state index contributed by atoms with van der Waals surface area (Å²) in [6.45, 7) is 3.80. The molecule has 2 heterocycles. The second-order valence-corrected chi connectivity index (χ2v) is 10.0. The van der Waals surface area contributed by atoms with Gasteiger partial charge in [0.25, 0.3) is 5.91 Å². The number of amides is 2. The lowest BCUT2D eigenvalue weighted by Crippen LogP contribution is -2.48. The molecular weight excluding hydrogens is 452 g/mol. The number of piperazine rings is 1. The second-order valence-electron chi connectivity index (χ2n) is 8.15. The van der Waals surface area contributed by atoms with Crippen molar-refractivity contribution in [1.29, 1.82) is 0 Å². The molecule has 3 aromatic rings. The lowest BCUT2D eigenvalue weighted by molar-refractivity contribution is -0.125. The highest BCUT2D eigenvalue weighted by molar-refractivity contribution is 8.00. The Morgan fingerprint density at radius 2 is 1.70 bits per heavy atom. The summed E-state index contributed by atoms with van der Waals surface area (Å²) in [5.41, 5.74) is 2.90. The Hall–Kier alpha value is -2.68. The number of aromatic nitrogens is 1. The van der Waals surface area contributed by atoms with Crippen LogP contribution in [0.3, 0.4) is 0 Å². The number of nitrogens with zero attached hydrogens (tertiary/aromatic N) is 4. The molecule has 8 heteroatoms. The molecule has 6 nitrogen and oxygen atoms in total. The fourth-order valence-electron chi connectivity index (χ4n) is 3.64.